The number of rotatable bonds is 3. The number of pyridine rings is 1. The van der Waals surface area contributed by atoms with E-state index in [1.807, 2.05) is 0 Å². The maximum atomic E-state index is 12.5. The van der Waals surface area contributed by atoms with E-state index < -0.39 is 15.8 Å². The van der Waals surface area contributed by atoms with Crippen molar-refractivity contribution in [3.8, 4) is 0 Å². The fourth-order valence-corrected chi connectivity index (χ4v) is 1.33. The van der Waals surface area contributed by atoms with E-state index in [9.17, 15) is 12.8 Å². The second-order valence-electron chi connectivity index (χ2n) is 2.40. The van der Waals surface area contributed by atoms with Crippen LogP contribution in [0.3, 0.4) is 0 Å². The van der Waals surface area contributed by atoms with E-state index >= 15 is 0 Å². The zero-order valence-electron chi connectivity index (χ0n) is 6.99. The van der Waals surface area contributed by atoms with E-state index in [-0.39, 0.29) is 11.4 Å². The molecule has 0 spiro atoms. The number of anilines is 1. The molecule has 4 nitrogen and oxygen atoms in total. The standard InChI is InChI=1S/C7H9FN2O2S/c1-2-13(11,12)10-7-3-6(8)4-9-5-7/h3-5,10H,2H2,1H3. The molecule has 0 atom stereocenters. The van der Waals surface area contributed by atoms with E-state index in [0.717, 1.165) is 12.3 Å². The lowest BCUT2D eigenvalue weighted by atomic mass is 10.4. The van der Waals surface area contributed by atoms with Crippen molar-refractivity contribution in [1.29, 1.82) is 0 Å². The Morgan fingerprint density at radius 2 is 2.23 bits per heavy atom. The van der Waals surface area contributed by atoms with Crippen LogP contribution in [0.1, 0.15) is 6.92 Å². The maximum Gasteiger partial charge on any atom is 0.232 e. The van der Waals surface area contributed by atoms with E-state index in [1.165, 1.54) is 13.1 Å². The van der Waals surface area contributed by atoms with Crippen molar-refractivity contribution in [2.75, 3.05) is 10.5 Å². The fraction of sp³-hybridized carbons (Fsp3) is 0.286. The van der Waals surface area contributed by atoms with Crippen molar-refractivity contribution in [3.05, 3.63) is 24.3 Å². The van der Waals surface area contributed by atoms with Gasteiger partial charge in [-0.05, 0) is 6.92 Å². The topological polar surface area (TPSA) is 59.1 Å². The third-order valence-electron chi connectivity index (χ3n) is 1.36. The third-order valence-corrected chi connectivity index (χ3v) is 2.67. The highest BCUT2D eigenvalue weighted by atomic mass is 32.2. The molecule has 0 bridgehead atoms. The summed E-state index contributed by atoms with van der Waals surface area (Å²) in [6.45, 7) is 1.50. The lowest BCUT2D eigenvalue weighted by Gasteiger charge is -2.04. The van der Waals surface area contributed by atoms with E-state index in [0.29, 0.717) is 0 Å². The summed E-state index contributed by atoms with van der Waals surface area (Å²) in [6.07, 6.45) is 2.25. The summed E-state index contributed by atoms with van der Waals surface area (Å²) < 4.78 is 36.8. The number of aromatic nitrogens is 1. The quantitative estimate of drug-likeness (QED) is 0.798. The molecule has 0 aliphatic carbocycles. The Hall–Kier alpha value is -1.17. The monoisotopic (exact) mass is 204 g/mol. The predicted octanol–water partition coefficient (Wildman–Crippen LogP) is 0.982. The molecular weight excluding hydrogens is 195 g/mol. The molecule has 1 aromatic heterocycles. The van der Waals surface area contributed by atoms with Gasteiger partial charge in [-0.1, -0.05) is 0 Å². The molecule has 1 N–H and O–H groups in total. The van der Waals surface area contributed by atoms with Gasteiger partial charge in [0, 0.05) is 6.07 Å². The van der Waals surface area contributed by atoms with Crippen LogP contribution in [0.5, 0.6) is 0 Å². The van der Waals surface area contributed by atoms with Crippen LogP contribution in [0.25, 0.3) is 0 Å². The van der Waals surface area contributed by atoms with Crippen LogP contribution in [-0.4, -0.2) is 19.2 Å². The largest absolute Gasteiger partial charge is 0.282 e. The van der Waals surface area contributed by atoms with Crippen molar-refractivity contribution >= 4 is 15.7 Å². The number of halogens is 1. The summed E-state index contributed by atoms with van der Waals surface area (Å²) >= 11 is 0. The zero-order chi connectivity index (χ0) is 9.90. The first kappa shape index (κ1) is 9.91. The van der Waals surface area contributed by atoms with Crippen molar-refractivity contribution in [2.24, 2.45) is 0 Å². The first-order chi connectivity index (χ1) is 6.03. The minimum absolute atomic E-state index is 0.0521. The van der Waals surface area contributed by atoms with Gasteiger partial charge in [-0.25, -0.2) is 12.8 Å². The summed E-state index contributed by atoms with van der Waals surface area (Å²) in [5, 5.41) is 0. The first-order valence-corrected chi connectivity index (χ1v) is 5.30. The van der Waals surface area contributed by atoms with E-state index in [4.69, 9.17) is 0 Å². The van der Waals surface area contributed by atoms with Gasteiger partial charge in [-0.3, -0.25) is 9.71 Å². The minimum atomic E-state index is -3.35. The fourth-order valence-electron chi connectivity index (χ4n) is 0.719. The average Bonchev–Trinajstić information content (AvgIpc) is 2.03. The molecule has 0 radical (unpaired) electrons. The van der Waals surface area contributed by atoms with Crippen LogP contribution < -0.4 is 4.72 Å². The van der Waals surface area contributed by atoms with Gasteiger partial charge in [0.1, 0.15) is 5.82 Å². The Kier molecular flexibility index (Phi) is 2.82. The second-order valence-corrected chi connectivity index (χ2v) is 4.41. The van der Waals surface area contributed by atoms with Crippen LogP contribution >= 0.6 is 0 Å². The van der Waals surface area contributed by atoms with Gasteiger partial charge in [0.2, 0.25) is 10.0 Å². The molecule has 1 rings (SSSR count). The normalized spacial score (nSPS) is 11.2. The zero-order valence-corrected chi connectivity index (χ0v) is 7.81. The molecule has 0 saturated heterocycles. The number of nitrogens with zero attached hydrogens (tertiary/aromatic N) is 1. The average molecular weight is 204 g/mol. The SMILES string of the molecule is CCS(=O)(=O)Nc1cncc(F)c1. The van der Waals surface area contributed by atoms with Crippen molar-refractivity contribution < 1.29 is 12.8 Å². The molecule has 0 amide bonds. The highest BCUT2D eigenvalue weighted by Gasteiger charge is 2.06. The van der Waals surface area contributed by atoms with Crippen LogP contribution in [-0.2, 0) is 10.0 Å². The van der Waals surface area contributed by atoms with Crippen LogP contribution in [0, 0.1) is 5.82 Å². The Bertz CT molecular complexity index is 391. The molecule has 6 heteroatoms. The van der Waals surface area contributed by atoms with Crippen LogP contribution in [0.2, 0.25) is 0 Å². The highest BCUT2D eigenvalue weighted by molar-refractivity contribution is 7.92. The lowest BCUT2D eigenvalue weighted by molar-refractivity contribution is 0.602. The third kappa shape index (κ3) is 2.98. The van der Waals surface area contributed by atoms with Crippen molar-refractivity contribution in [2.45, 2.75) is 6.92 Å². The Morgan fingerprint density at radius 3 is 2.77 bits per heavy atom. The lowest BCUT2D eigenvalue weighted by Crippen LogP contribution is -2.14. The minimum Gasteiger partial charge on any atom is -0.282 e. The molecular formula is C7H9FN2O2S. The van der Waals surface area contributed by atoms with Gasteiger partial charge in [0.15, 0.2) is 0 Å². The van der Waals surface area contributed by atoms with Gasteiger partial charge >= 0.3 is 0 Å². The summed E-state index contributed by atoms with van der Waals surface area (Å²) in [5.74, 6) is -0.625. The molecule has 0 fully saturated rings. The van der Waals surface area contributed by atoms with Crippen LogP contribution in [0.15, 0.2) is 18.5 Å². The summed E-state index contributed by atoms with van der Waals surface area (Å²) in [7, 11) is -3.35. The van der Waals surface area contributed by atoms with Gasteiger partial charge < -0.3 is 0 Å². The van der Waals surface area contributed by atoms with Crippen LogP contribution in [0.4, 0.5) is 10.1 Å². The van der Waals surface area contributed by atoms with Gasteiger partial charge in [-0.2, -0.15) is 0 Å². The number of hydrogen-bond acceptors (Lipinski definition) is 3. The Labute approximate surface area is 75.9 Å². The van der Waals surface area contributed by atoms with E-state index in [2.05, 4.69) is 9.71 Å². The molecule has 0 aliphatic heterocycles. The van der Waals surface area contributed by atoms with E-state index in [1.54, 1.807) is 0 Å². The molecule has 1 aromatic rings. The summed E-state index contributed by atoms with van der Waals surface area (Å²) in [5.41, 5.74) is 0.141. The van der Waals surface area contributed by atoms with Gasteiger partial charge in [-0.15, -0.1) is 0 Å². The summed E-state index contributed by atoms with van der Waals surface area (Å²) in [4.78, 5) is 3.50. The van der Waals surface area contributed by atoms with Gasteiger partial charge in [0.05, 0.1) is 23.8 Å². The highest BCUT2D eigenvalue weighted by Crippen LogP contribution is 2.08. The summed E-state index contributed by atoms with van der Waals surface area (Å²) in [6, 6.07) is 1.07. The Balaban J connectivity index is 2.87. The predicted molar refractivity (Wildman–Crippen MR) is 47.3 cm³/mol. The molecule has 72 valence electrons. The molecule has 0 unspecified atom stereocenters. The Morgan fingerprint density at radius 1 is 1.54 bits per heavy atom. The van der Waals surface area contributed by atoms with Crippen molar-refractivity contribution in [3.63, 3.8) is 0 Å². The number of sulfonamides is 1. The number of hydrogen-bond donors (Lipinski definition) is 1. The number of nitrogens with one attached hydrogen (secondary N) is 1. The second kappa shape index (κ2) is 3.69. The first-order valence-electron chi connectivity index (χ1n) is 3.64. The molecule has 0 saturated carbocycles. The molecule has 1 heterocycles. The molecule has 13 heavy (non-hydrogen) atoms. The maximum absolute atomic E-state index is 12.5. The van der Waals surface area contributed by atoms with Gasteiger partial charge in [0.25, 0.3) is 0 Å². The molecule has 0 aromatic carbocycles. The smallest absolute Gasteiger partial charge is 0.232 e. The molecule has 0 aliphatic rings. The van der Waals surface area contributed by atoms with Crippen molar-refractivity contribution in [1.82, 2.24) is 4.98 Å².